The number of hydrazone groups is 1. The Morgan fingerprint density at radius 3 is 2.91 bits per heavy atom. The van der Waals surface area contributed by atoms with Crippen LogP contribution in [0.1, 0.15) is 11.1 Å². The summed E-state index contributed by atoms with van der Waals surface area (Å²) in [5.41, 5.74) is 9.33. The lowest BCUT2D eigenvalue weighted by Gasteiger charge is -2.07. The van der Waals surface area contributed by atoms with Gasteiger partial charge < -0.3 is 10.5 Å². The molecule has 7 heteroatoms. The van der Waals surface area contributed by atoms with Crippen LogP contribution in [0.2, 0.25) is 5.02 Å². The molecule has 0 bridgehead atoms. The highest BCUT2D eigenvalue weighted by molar-refractivity contribution is 7.80. The van der Waals surface area contributed by atoms with Crippen LogP contribution in [-0.2, 0) is 6.61 Å². The molecule has 0 fully saturated rings. The monoisotopic (exact) mass is 337 g/mol. The second kappa shape index (κ2) is 7.72. The molecule has 0 aromatic heterocycles. The summed E-state index contributed by atoms with van der Waals surface area (Å²) in [6.07, 6.45) is 1.57. The molecule has 2 aromatic rings. The fraction of sp³-hybridized carbons (Fsp3) is 0.0667. The highest BCUT2D eigenvalue weighted by atomic mass is 35.5. The number of hydrogen-bond acceptors (Lipinski definition) is 3. The van der Waals surface area contributed by atoms with E-state index in [1.807, 2.05) is 18.2 Å². The molecule has 0 spiro atoms. The first-order valence-corrected chi connectivity index (χ1v) is 7.08. The molecule has 22 heavy (non-hydrogen) atoms. The highest BCUT2D eigenvalue weighted by Gasteiger charge is 2.02. The summed E-state index contributed by atoms with van der Waals surface area (Å²) < 4.78 is 18.7. The molecule has 4 nitrogen and oxygen atoms in total. The minimum Gasteiger partial charge on any atom is -0.489 e. The van der Waals surface area contributed by atoms with Gasteiger partial charge in [0.15, 0.2) is 5.11 Å². The Bertz CT molecular complexity index is 709. The normalized spacial score (nSPS) is 10.6. The average molecular weight is 338 g/mol. The van der Waals surface area contributed by atoms with Crippen molar-refractivity contribution in [2.45, 2.75) is 6.61 Å². The molecule has 0 aliphatic rings. The number of nitrogens with two attached hydrogens (primary N) is 1. The fourth-order valence-corrected chi connectivity index (χ4v) is 1.91. The Kier molecular flexibility index (Phi) is 5.68. The molecule has 0 atom stereocenters. The van der Waals surface area contributed by atoms with E-state index < -0.39 is 5.82 Å². The lowest BCUT2D eigenvalue weighted by Crippen LogP contribution is -2.23. The molecule has 0 aliphatic heterocycles. The number of rotatable bonds is 5. The van der Waals surface area contributed by atoms with Crippen molar-refractivity contribution in [3.63, 3.8) is 0 Å². The quantitative estimate of drug-likeness (QED) is 0.499. The molecule has 0 aliphatic carbocycles. The summed E-state index contributed by atoms with van der Waals surface area (Å²) in [6, 6.07) is 11.8. The van der Waals surface area contributed by atoms with Gasteiger partial charge in [0.05, 0.1) is 11.2 Å². The molecule has 0 heterocycles. The van der Waals surface area contributed by atoms with E-state index in [-0.39, 0.29) is 16.7 Å². The number of hydrogen-bond donors (Lipinski definition) is 2. The lowest BCUT2D eigenvalue weighted by molar-refractivity contribution is 0.306. The number of nitrogens with one attached hydrogen (secondary N) is 1. The van der Waals surface area contributed by atoms with Crippen LogP contribution in [0.4, 0.5) is 4.39 Å². The minimum atomic E-state index is -0.450. The van der Waals surface area contributed by atoms with Crippen LogP contribution in [0.3, 0.4) is 0 Å². The molecule has 114 valence electrons. The molecule has 0 unspecified atom stereocenters. The van der Waals surface area contributed by atoms with Gasteiger partial charge in [0.2, 0.25) is 0 Å². The Labute approximate surface area is 137 Å². The van der Waals surface area contributed by atoms with Gasteiger partial charge in [-0.25, -0.2) is 4.39 Å². The van der Waals surface area contributed by atoms with Gasteiger partial charge >= 0.3 is 0 Å². The minimum absolute atomic E-state index is 0.0748. The van der Waals surface area contributed by atoms with Crippen molar-refractivity contribution in [3.8, 4) is 5.75 Å². The van der Waals surface area contributed by atoms with E-state index >= 15 is 0 Å². The topological polar surface area (TPSA) is 59.6 Å². The Morgan fingerprint density at radius 2 is 2.18 bits per heavy atom. The van der Waals surface area contributed by atoms with E-state index in [1.54, 1.807) is 18.3 Å². The van der Waals surface area contributed by atoms with Crippen LogP contribution in [-0.4, -0.2) is 11.3 Å². The van der Waals surface area contributed by atoms with Crippen molar-refractivity contribution in [2.24, 2.45) is 10.8 Å². The number of ether oxygens (including phenoxy) is 1. The lowest BCUT2D eigenvalue weighted by atomic mass is 10.2. The van der Waals surface area contributed by atoms with Crippen LogP contribution in [0.15, 0.2) is 47.6 Å². The van der Waals surface area contributed by atoms with Crippen molar-refractivity contribution >= 4 is 35.1 Å². The summed E-state index contributed by atoms with van der Waals surface area (Å²) in [7, 11) is 0. The summed E-state index contributed by atoms with van der Waals surface area (Å²) in [5, 5.41) is 4.04. The third-order valence-electron chi connectivity index (χ3n) is 2.64. The first kappa shape index (κ1) is 16.2. The Morgan fingerprint density at radius 1 is 1.36 bits per heavy atom. The van der Waals surface area contributed by atoms with Crippen LogP contribution < -0.4 is 15.9 Å². The smallest absolute Gasteiger partial charge is 0.184 e. The third-order valence-corrected chi connectivity index (χ3v) is 3.02. The Balaban J connectivity index is 1.99. The van der Waals surface area contributed by atoms with Gasteiger partial charge in [0.25, 0.3) is 0 Å². The number of benzene rings is 2. The van der Waals surface area contributed by atoms with Crippen molar-refractivity contribution in [2.75, 3.05) is 0 Å². The summed E-state index contributed by atoms with van der Waals surface area (Å²) >= 11 is 10.4. The molecule has 3 N–H and O–H groups in total. The second-order valence-electron chi connectivity index (χ2n) is 4.34. The zero-order valence-electron chi connectivity index (χ0n) is 11.4. The second-order valence-corrected chi connectivity index (χ2v) is 5.19. The zero-order valence-corrected chi connectivity index (χ0v) is 13.0. The van der Waals surface area contributed by atoms with Gasteiger partial charge in [-0.3, -0.25) is 5.43 Å². The first-order chi connectivity index (χ1) is 10.5. The van der Waals surface area contributed by atoms with E-state index in [2.05, 4.69) is 22.7 Å². The van der Waals surface area contributed by atoms with E-state index in [4.69, 9.17) is 22.1 Å². The van der Waals surface area contributed by atoms with Crippen molar-refractivity contribution in [3.05, 3.63) is 64.4 Å². The number of nitrogens with zero attached hydrogens (tertiary/aromatic N) is 1. The molecule has 0 amide bonds. The van der Waals surface area contributed by atoms with Crippen LogP contribution >= 0.6 is 23.8 Å². The summed E-state index contributed by atoms with van der Waals surface area (Å²) in [6.45, 7) is 0.283. The average Bonchev–Trinajstić information content (AvgIpc) is 2.49. The van der Waals surface area contributed by atoms with Crippen LogP contribution in [0, 0.1) is 5.82 Å². The standard InChI is InChI=1S/C15H13ClFN3OS/c16-13-7-11(4-5-14(13)17)9-21-12-3-1-2-10(6-12)8-19-20-15(18)22/h1-8H,9H2,(H3,18,20,22). The van der Waals surface area contributed by atoms with Gasteiger partial charge in [-0.05, 0) is 47.6 Å². The predicted molar refractivity (Wildman–Crippen MR) is 89.7 cm³/mol. The fourth-order valence-electron chi connectivity index (χ4n) is 1.65. The maximum absolute atomic E-state index is 13.1. The maximum Gasteiger partial charge on any atom is 0.184 e. The zero-order chi connectivity index (χ0) is 15.9. The van der Waals surface area contributed by atoms with E-state index in [0.717, 1.165) is 11.1 Å². The van der Waals surface area contributed by atoms with Gasteiger partial charge in [-0.1, -0.05) is 29.8 Å². The highest BCUT2D eigenvalue weighted by Crippen LogP contribution is 2.18. The van der Waals surface area contributed by atoms with Crippen LogP contribution in [0.25, 0.3) is 0 Å². The van der Waals surface area contributed by atoms with Gasteiger partial charge in [-0.15, -0.1) is 0 Å². The molecule has 0 radical (unpaired) electrons. The molecule has 2 rings (SSSR count). The van der Waals surface area contributed by atoms with E-state index in [0.29, 0.717) is 5.75 Å². The molecular weight excluding hydrogens is 325 g/mol. The first-order valence-electron chi connectivity index (χ1n) is 6.30. The SMILES string of the molecule is NC(=S)NN=Cc1cccc(OCc2ccc(F)c(Cl)c2)c1. The van der Waals surface area contributed by atoms with Gasteiger partial charge in [0, 0.05) is 0 Å². The number of thiocarbonyl (C=S) groups is 1. The molecule has 2 aromatic carbocycles. The van der Waals surface area contributed by atoms with Crippen molar-refractivity contribution in [1.82, 2.24) is 5.43 Å². The van der Waals surface area contributed by atoms with Gasteiger partial charge in [0.1, 0.15) is 18.2 Å². The third kappa shape index (κ3) is 4.98. The van der Waals surface area contributed by atoms with E-state index in [9.17, 15) is 4.39 Å². The maximum atomic E-state index is 13.1. The molecule has 0 saturated heterocycles. The van der Waals surface area contributed by atoms with Gasteiger partial charge in [-0.2, -0.15) is 5.10 Å². The summed E-state index contributed by atoms with van der Waals surface area (Å²) in [4.78, 5) is 0. The predicted octanol–water partition coefficient (Wildman–Crippen LogP) is 3.23. The number of halogens is 2. The molecule has 0 saturated carbocycles. The van der Waals surface area contributed by atoms with Crippen LogP contribution in [0.5, 0.6) is 5.75 Å². The van der Waals surface area contributed by atoms with Crippen molar-refractivity contribution < 1.29 is 9.13 Å². The Hall–Kier alpha value is -2.18. The summed E-state index contributed by atoms with van der Waals surface area (Å²) in [5.74, 6) is 0.202. The largest absolute Gasteiger partial charge is 0.489 e. The van der Waals surface area contributed by atoms with Crippen molar-refractivity contribution in [1.29, 1.82) is 0 Å². The molecular formula is C15H13ClFN3OS. The van der Waals surface area contributed by atoms with E-state index in [1.165, 1.54) is 12.1 Å².